The van der Waals surface area contributed by atoms with Crippen molar-refractivity contribution in [1.82, 2.24) is 4.90 Å². The van der Waals surface area contributed by atoms with Crippen LogP contribution in [0.1, 0.15) is 73.4 Å². The maximum atomic E-state index is 12.2. The Morgan fingerprint density at radius 1 is 1.28 bits per heavy atom. The first-order valence-electron chi connectivity index (χ1n) is 11.0. The number of carbonyl (C=O) groups is 1. The van der Waals surface area contributed by atoms with Gasteiger partial charge in [0.05, 0.1) is 17.3 Å². The fourth-order valence-electron chi connectivity index (χ4n) is 6.26. The lowest BCUT2D eigenvalue weighted by Crippen LogP contribution is -2.70. The number of likely N-dealkylation sites (tertiary alicyclic amines) is 1. The highest BCUT2D eigenvalue weighted by Crippen LogP contribution is 2.57. The second kappa shape index (κ2) is 7.25. The molecular weight excluding hydrogens is 368 g/mol. The zero-order valence-corrected chi connectivity index (χ0v) is 17.5. The van der Waals surface area contributed by atoms with Gasteiger partial charge in [0.25, 0.3) is 5.91 Å². The first-order valence-corrected chi connectivity index (χ1v) is 11.0. The number of phenols is 1. The van der Waals surface area contributed by atoms with Crippen molar-refractivity contribution in [2.45, 2.75) is 82.0 Å². The standard InChI is InChI=1S/C23H34N2O4/c1-14-6-7-18(21(24)28)20(27)19(14)22-10-11-25(13-16-4-3-5-16)15(2)23(22,29)9-8-17(26)12-22/h6-7,15-17,26-27,29H,3-5,8-13H2,1-2H3,(H2,24,28)/t15-,17+,22-,23-/m1/s1. The van der Waals surface area contributed by atoms with E-state index in [9.17, 15) is 20.1 Å². The van der Waals surface area contributed by atoms with Crippen LogP contribution >= 0.6 is 0 Å². The molecule has 4 rings (SSSR count). The molecule has 5 N–H and O–H groups in total. The largest absolute Gasteiger partial charge is 0.507 e. The van der Waals surface area contributed by atoms with Gasteiger partial charge in [0.15, 0.2) is 0 Å². The Morgan fingerprint density at radius 2 is 2.00 bits per heavy atom. The molecule has 0 radical (unpaired) electrons. The van der Waals surface area contributed by atoms with E-state index in [0.29, 0.717) is 37.2 Å². The molecule has 1 aromatic rings. The van der Waals surface area contributed by atoms with E-state index in [1.54, 1.807) is 12.1 Å². The van der Waals surface area contributed by atoms with Crippen molar-refractivity contribution in [3.8, 4) is 5.75 Å². The summed E-state index contributed by atoms with van der Waals surface area (Å²) in [5.41, 5.74) is 5.08. The van der Waals surface area contributed by atoms with Crippen LogP contribution in [-0.2, 0) is 5.41 Å². The fourth-order valence-corrected chi connectivity index (χ4v) is 6.26. The summed E-state index contributed by atoms with van der Waals surface area (Å²) in [5.74, 6) is -0.115. The monoisotopic (exact) mass is 402 g/mol. The Balaban J connectivity index is 1.81. The third kappa shape index (κ3) is 3.07. The number of nitrogens with zero attached hydrogens (tertiary/aromatic N) is 1. The molecule has 0 unspecified atom stereocenters. The number of benzene rings is 1. The number of carbonyl (C=O) groups excluding carboxylic acids is 1. The lowest BCUT2D eigenvalue weighted by atomic mass is 9.52. The topological polar surface area (TPSA) is 107 Å². The van der Waals surface area contributed by atoms with E-state index in [1.165, 1.54) is 19.3 Å². The number of hydrogen-bond acceptors (Lipinski definition) is 5. The van der Waals surface area contributed by atoms with E-state index in [1.807, 2.05) is 6.92 Å². The Bertz CT molecular complexity index is 808. The Labute approximate surface area is 172 Å². The number of hydrogen-bond donors (Lipinski definition) is 4. The van der Waals surface area contributed by atoms with Crippen LogP contribution in [0, 0.1) is 12.8 Å². The van der Waals surface area contributed by atoms with Gasteiger partial charge in [-0.05, 0) is 76.5 Å². The van der Waals surface area contributed by atoms with Crippen molar-refractivity contribution >= 4 is 5.91 Å². The van der Waals surface area contributed by atoms with Crippen molar-refractivity contribution in [1.29, 1.82) is 0 Å². The van der Waals surface area contributed by atoms with E-state index in [2.05, 4.69) is 11.8 Å². The molecule has 3 fully saturated rings. The number of primary amides is 1. The van der Waals surface area contributed by atoms with Crippen LogP contribution in [0.5, 0.6) is 5.75 Å². The molecule has 6 heteroatoms. The molecule has 2 aliphatic carbocycles. The number of piperidine rings is 1. The van der Waals surface area contributed by atoms with E-state index in [0.717, 1.165) is 18.7 Å². The summed E-state index contributed by atoms with van der Waals surface area (Å²) in [6.45, 7) is 5.76. The van der Waals surface area contributed by atoms with Gasteiger partial charge in [0.2, 0.25) is 0 Å². The van der Waals surface area contributed by atoms with Gasteiger partial charge in [-0.3, -0.25) is 9.69 Å². The van der Waals surface area contributed by atoms with E-state index in [-0.39, 0.29) is 17.4 Å². The van der Waals surface area contributed by atoms with E-state index >= 15 is 0 Å². The maximum Gasteiger partial charge on any atom is 0.252 e. The van der Waals surface area contributed by atoms with Crippen molar-refractivity contribution in [3.05, 3.63) is 28.8 Å². The highest BCUT2D eigenvalue weighted by Gasteiger charge is 2.62. The van der Waals surface area contributed by atoms with Crippen LogP contribution in [0.15, 0.2) is 12.1 Å². The first kappa shape index (κ1) is 20.6. The molecule has 1 aromatic carbocycles. The Kier molecular flexibility index (Phi) is 5.16. The molecule has 160 valence electrons. The van der Waals surface area contributed by atoms with Gasteiger partial charge < -0.3 is 21.1 Å². The Hall–Kier alpha value is -1.63. The van der Waals surface area contributed by atoms with Gasteiger partial charge in [-0.1, -0.05) is 12.5 Å². The highest BCUT2D eigenvalue weighted by molar-refractivity contribution is 5.96. The molecule has 1 heterocycles. The predicted octanol–water partition coefficient (Wildman–Crippen LogP) is 2.21. The summed E-state index contributed by atoms with van der Waals surface area (Å²) in [6.07, 6.45) is 5.27. The number of aryl methyl sites for hydroxylation is 1. The number of aromatic hydroxyl groups is 1. The zero-order valence-electron chi connectivity index (χ0n) is 17.5. The van der Waals surface area contributed by atoms with Crippen molar-refractivity contribution < 1.29 is 20.1 Å². The zero-order chi connectivity index (χ0) is 21.0. The molecule has 1 saturated heterocycles. The summed E-state index contributed by atoms with van der Waals surface area (Å²) < 4.78 is 0. The van der Waals surface area contributed by atoms with Gasteiger partial charge in [0, 0.05) is 23.6 Å². The summed E-state index contributed by atoms with van der Waals surface area (Å²) in [4.78, 5) is 14.3. The summed E-state index contributed by atoms with van der Waals surface area (Å²) in [7, 11) is 0. The minimum Gasteiger partial charge on any atom is -0.507 e. The maximum absolute atomic E-state index is 12.2. The molecule has 0 bridgehead atoms. The van der Waals surface area contributed by atoms with Gasteiger partial charge in [-0.2, -0.15) is 0 Å². The minimum atomic E-state index is -1.09. The van der Waals surface area contributed by atoms with Crippen LogP contribution in [0.2, 0.25) is 0 Å². The number of rotatable bonds is 4. The van der Waals surface area contributed by atoms with Crippen LogP contribution in [0.25, 0.3) is 0 Å². The molecule has 3 aliphatic rings. The van der Waals surface area contributed by atoms with Crippen molar-refractivity contribution in [2.24, 2.45) is 11.7 Å². The molecule has 4 atom stereocenters. The van der Waals surface area contributed by atoms with Gasteiger partial charge >= 0.3 is 0 Å². The third-order valence-corrected chi connectivity index (χ3v) is 8.18. The SMILES string of the molecule is Cc1ccc(C(N)=O)c(O)c1[C@]12CCN(CC3CCC3)[C@H](C)[C@]1(O)CC[C@H](O)C2. The lowest BCUT2D eigenvalue weighted by Gasteiger charge is -2.61. The van der Waals surface area contributed by atoms with Crippen LogP contribution < -0.4 is 5.73 Å². The summed E-state index contributed by atoms with van der Waals surface area (Å²) >= 11 is 0. The molecular formula is C23H34N2O4. The number of aliphatic hydroxyl groups is 2. The predicted molar refractivity (Wildman–Crippen MR) is 111 cm³/mol. The first-order chi connectivity index (χ1) is 13.7. The smallest absolute Gasteiger partial charge is 0.252 e. The van der Waals surface area contributed by atoms with Crippen molar-refractivity contribution in [3.63, 3.8) is 0 Å². The van der Waals surface area contributed by atoms with Crippen LogP contribution in [0.4, 0.5) is 0 Å². The Morgan fingerprint density at radius 3 is 2.62 bits per heavy atom. The van der Waals surface area contributed by atoms with E-state index < -0.39 is 23.0 Å². The average molecular weight is 403 g/mol. The quantitative estimate of drug-likeness (QED) is 0.618. The van der Waals surface area contributed by atoms with E-state index in [4.69, 9.17) is 5.73 Å². The highest BCUT2D eigenvalue weighted by atomic mass is 16.3. The number of nitrogens with two attached hydrogens (primary N) is 1. The summed E-state index contributed by atoms with van der Waals surface area (Å²) in [6, 6.07) is 3.23. The van der Waals surface area contributed by atoms with Crippen LogP contribution in [-0.4, -0.2) is 57.0 Å². The number of fused-ring (bicyclic) bond motifs is 1. The van der Waals surface area contributed by atoms with Crippen molar-refractivity contribution in [2.75, 3.05) is 13.1 Å². The van der Waals surface area contributed by atoms with Gasteiger partial charge in [-0.15, -0.1) is 0 Å². The molecule has 29 heavy (non-hydrogen) atoms. The second-order valence-corrected chi connectivity index (χ2v) is 9.64. The number of aliphatic hydroxyl groups excluding tert-OH is 1. The second-order valence-electron chi connectivity index (χ2n) is 9.64. The molecule has 0 aromatic heterocycles. The lowest BCUT2D eigenvalue weighted by molar-refractivity contribution is -0.174. The normalized spacial score (nSPS) is 35.7. The van der Waals surface area contributed by atoms with Gasteiger partial charge in [0.1, 0.15) is 5.75 Å². The minimum absolute atomic E-state index is 0.0759. The molecule has 1 amide bonds. The third-order valence-electron chi connectivity index (χ3n) is 8.18. The number of amides is 1. The molecule has 2 saturated carbocycles. The molecule has 6 nitrogen and oxygen atoms in total. The fraction of sp³-hybridized carbons (Fsp3) is 0.696. The average Bonchev–Trinajstić information content (AvgIpc) is 2.62. The molecule has 0 spiro atoms. The summed E-state index contributed by atoms with van der Waals surface area (Å²) in [5, 5.41) is 33.8. The van der Waals surface area contributed by atoms with Gasteiger partial charge in [-0.25, -0.2) is 0 Å². The molecule has 1 aliphatic heterocycles. The van der Waals surface area contributed by atoms with Crippen LogP contribution in [0.3, 0.4) is 0 Å².